The van der Waals surface area contributed by atoms with Crippen LogP contribution in [0.15, 0.2) is 12.3 Å². The molecule has 5 heteroatoms. The summed E-state index contributed by atoms with van der Waals surface area (Å²) < 4.78 is 0. The molecule has 1 saturated carbocycles. The summed E-state index contributed by atoms with van der Waals surface area (Å²) in [6.07, 6.45) is 5.17. The number of hydrogen-bond donors (Lipinski definition) is 2. The molecule has 0 saturated heterocycles. The van der Waals surface area contributed by atoms with Crippen LogP contribution in [-0.4, -0.2) is 24.5 Å². The minimum atomic E-state index is -0.111. The first-order chi connectivity index (χ1) is 8.54. The van der Waals surface area contributed by atoms with Gasteiger partial charge in [0.1, 0.15) is 5.82 Å². The molecule has 0 radical (unpaired) electrons. The summed E-state index contributed by atoms with van der Waals surface area (Å²) in [7, 11) is 1.74. The van der Waals surface area contributed by atoms with Crippen molar-refractivity contribution in [1.82, 2.24) is 10.3 Å². The topological polar surface area (TPSA) is 54.0 Å². The number of nitrogens with zero attached hydrogens (tertiary/aromatic N) is 1. The number of amides is 1. The van der Waals surface area contributed by atoms with Crippen LogP contribution in [0.1, 0.15) is 36.5 Å². The lowest BCUT2D eigenvalue weighted by Crippen LogP contribution is -2.39. The van der Waals surface area contributed by atoms with Gasteiger partial charge in [0.05, 0.1) is 10.6 Å². The van der Waals surface area contributed by atoms with Gasteiger partial charge in [-0.2, -0.15) is 0 Å². The summed E-state index contributed by atoms with van der Waals surface area (Å²) in [6.45, 7) is 2.92. The van der Waals surface area contributed by atoms with Gasteiger partial charge < -0.3 is 10.6 Å². The highest BCUT2D eigenvalue weighted by atomic mass is 35.5. The van der Waals surface area contributed by atoms with Crippen molar-refractivity contribution in [1.29, 1.82) is 0 Å². The van der Waals surface area contributed by atoms with E-state index < -0.39 is 0 Å². The van der Waals surface area contributed by atoms with E-state index in [0.29, 0.717) is 16.4 Å². The van der Waals surface area contributed by atoms with Crippen LogP contribution in [0.5, 0.6) is 0 Å². The Morgan fingerprint density at radius 2 is 2.28 bits per heavy atom. The molecule has 0 spiro atoms. The van der Waals surface area contributed by atoms with E-state index >= 15 is 0 Å². The lowest BCUT2D eigenvalue weighted by atomic mass is 9.70. The molecule has 1 aliphatic carbocycles. The van der Waals surface area contributed by atoms with Gasteiger partial charge in [0.15, 0.2) is 0 Å². The molecule has 1 fully saturated rings. The first kappa shape index (κ1) is 13.1. The SMILES string of the molecule is CNc1ncc(C(=O)NCC2(C)CCC2)cc1Cl. The Balaban J connectivity index is 1.98. The molecule has 1 aliphatic rings. The van der Waals surface area contributed by atoms with Crippen LogP contribution in [0.3, 0.4) is 0 Å². The van der Waals surface area contributed by atoms with Crippen molar-refractivity contribution in [2.45, 2.75) is 26.2 Å². The summed E-state index contributed by atoms with van der Waals surface area (Å²) in [4.78, 5) is 16.0. The van der Waals surface area contributed by atoms with Crippen LogP contribution >= 0.6 is 11.6 Å². The van der Waals surface area contributed by atoms with E-state index in [1.807, 2.05) is 0 Å². The first-order valence-electron chi connectivity index (χ1n) is 6.16. The van der Waals surface area contributed by atoms with Crippen LogP contribution in [-0.2, 0) is 0 Å². The van der Waals surface area contributed by atoms with E-state index in [4.69, 9.17) is 11.6 Å². The lowest BCUT2D eigenvalue weighted by molar-refractivity contribution is 0.0890. The van der Waals surface area contributed by atoms with E-state index in [9.17, 15) is 4.79 Å². The van der Waals surface area contributed by atoms with Crippen LogP contribution in [0.4, 0.5) is 5.82 Å². The molecule has 2 rings (SSSR count). The van der Waals surface area contributed by atoms with Crippen molar-refractivity contribution in [2.24, 2.45) is 5.41 Å². The zero-order chi connectivity index (χ0) is 13.2. The van der Waals surface area contributed by atoms with E-state index in [2.05, 4.69) is 22.5 Å². The predicted molar refractivity (Wildman–Crippen MR) is 73.1 cm³/mol. The van der Waals surface area contributed by atoms with Gasteiger partial charge in [-0.1, -0.05) is 24.9 Å². The van der Waals surface area contributed by atoms with Crippen molar-refractivity contribution in [3.63, 3.8) is 0 Å². The summed E-state index contributed by atoms with van der Waals surface area (Å²) in [5, 5.41) is 6.27. The fourth-order valence-corrected chi connectivity index (χ4v) is 2.36. The van der Waals surface area contributed by atoms with Gasteiger partial charge in [0.25, 0.3) is 5.91 Å². The maximum Gasteiger partial charge on any atom is 0.252 e. The van der Waals surface area contributed by atoms with Crippen LogP contribution < -0.4 is 10.6 Å². The number of carbonyl (C=O) groups excluding carboxylic acids is 1. The van der Waals surface area contributed by atoms with Crippen molar-refractivity contribution in [2.75, 3.05) is 18.9 Å². The van der Waals surface area contributed by atoms with Gasteiger partial charge in [0.2, 0.25) is 0 Å². The number of pyridine rings is 1. The molecular formula is C13H18ClN3O. The molecule has 0 atom stereocenters. The number of rotatable bonds is 4. The molecule has 98 valence electrons. The second-order valence-corrected chi connectivity index (χ2v) is 5.56. The monoisotopic (exact) mass is 267 g/mol. The van der Waals surface area contributed by atoms with Crippen LogP contribution in [0, 0.1) is 5.41 Å². The van der Waals surface area contributed by atoms with Gasteiger partial charge in [-0.05, 0) is 24.3 Å². The number of anilines is 1. The molecular weight excluding hydrogens is 250 g/mol. The highest BCUT2D eigenvalue weighted by Gasteiger charge is 2.31. The average molecular weight is 268 g/mol. The Hall–Kier alpha value is -1.29. The maximum atomic E-state index is 12.0. The highest BCUT2D eigenvalue weighted by Crippen LogP contribution is 2.39. The molecule has 0 aromatic carbocycles. The molecule has 0 bridgehead atoms. The summed E-state index contributed by atoms with van der Waals surface area (Å²) in [5.74, 6) is 0.472. The van der Waals surface area contributed by atoms with Gasteiger partial charge in [-0.15, -0.1) is 0 Å². The Bertz CT molecular complexity index is 458. The Morgan fingerprint density at radius 3 is 2.78 bits per heavy atom. The highest BCUT2D eigenvalue weighted by molar-refractivity contribution is 6.33. The first-order valence-corrected chi connectivity index (χ1v) is 6.53. The molecule has 0 unspecified atom stereocenters. The second kappa shape index (κ2) is 5.14. The smallest absolute Gasteiger partial charge is 0.252 e. The zero-order valence-electron chi connectivity index (χ0n) is 10.7. The minimum absolute atomic E-state index is 0.111. The fourth-order valence-electron chi connectivity index (χ4n) is 2.10. The third kappa shape index (κ3) is 2.75. The van der Waals surface area contributed by atoms with Gasteiger partial charge in [-0.25, -0.2) is 4.98 Å². The predicted octanol–water partition coefficient (Wildman–Crippen LogP) is 2.70. The standard InChI is InChI=1S/C13H18ClN3O/c1-13(4-3-5-13)8-17-12(18)9-6-10(14)11(15-2)16-7-9/h6-7H,3-5,8H2,1-2H3,(H,15,16)(H,17,18). The van der Waals surface area contributed by atoms with Crippen LogP contribution in [0.2, 0.25) is 5.02 Å². The minimum Gasteiger partial charge on any atom is -0.372 e. The fraction of sp³-hybridized carbons (Fsp3) is 0.538. The van der Waals surface area contributed by atoms with E-state index in [-0.39, 0.29) is 11.3 Å². The molecule has 2 N–H and O–H groups in total. The number of carbonyl (C=O) groups is 1. The van der Waals surface area contributed by atoms with E-state index in [0.717, 1.165) is 6.54 Å². The quantitative estimate of drug-likeness (QED) is 0.882. The second-order valence-electron chi connectivity index (χ2n) is 5.15. The maximum absolute atomic E-state index is 12.0. The Labute approximate surface area is 112 Å². The lowest BCUT2D eigenvalue weighted by Gasteiger charge is -2.38. The van der Waals surface area contributed by atoms with Gasteiger partial charge in [-0.3, -0.25) is 4.79 Å². The zero-order valence-corrected chi connectivity index (χ0v) is 11.5. The summed E-state index contributed by atoms with van der Waals surface area (Å²) in [6, 6.07) is 1.64. The molecule has 1 aromatic heterocycles. The van der Waals surface area contributed by atoms with Crippen molar-refractivity contribution < 1.29 is 4.79 Å². The number of halogens is 1. The summed E-state index contributed by atoms with van der Waals surface area (Å²) in [5.41, 5.74) is 0.777. The third-order valence-electron chi connectivity index (χ3n) is 3.58. The van der Waals surface area contributed by atoms with Crippen molar-refractivity contribution in [3.05, 3.63) is 22.8 Å². The molecule has 1 aromatic rings. The summed E-state index contributed by atoms with van der Waals surface area (Å²) >= 11 is 6.00. The normalized spacial score (nSPS) is 16.8. The molecule has 1 heterocycles. The van der Waals surface area contributed by atoms with E-state index in [1.54, 1.807) is 13.1 Å². The number of hydrogen-bond acceptors (Lipinski definition) is 3. The van der Waals surface area contributed by atoms with Gasteiger partial charge >= 0.3 is 0 Å². The number of nitrogens with one attached hydrogen (secondary N) is 2. The average Bonchev–Trinajstić information content (AvgIpc) is 2.33. The molecule has 4 nitrogen and oxygen atoms in total. The van der Waals surface area contributed by atoms with E-state index in [1.165, 1.54) is 25.5 Å². The van der Waals surface area contributed by atoms with Crippen LogP contribution in [0.25, 0.3) is 0 Å². The van der Waals surface area contributed by atoms with Gasteiger partial charge in [0, 0.05) is 19.8 Å². The molecule has 18 heavy (non-hydrogen) atoms. The molecule has 0 aliphatic heterocycles. The third-order valence-corrected chi connectivity index (χ3v) is 3.86. The number of aromatic nitrogens is 1. The Kier molecular flexibility index (Phi) is 3.76. The largest absolute Gasteiger partial charge is 0.372 e. The molecule has 1 amide bonds. The van der Waals surface area contributed by atoms with Crippen molar-refractivity contribution in [3.8, 4) is 0 Å². The Morgan fingerprint density at radius 1 is 1.56 bits per heavy atom. The van der Waals surface area contributed by atoms with Crippen molar-refractivity contribution >= 4 is 23.3 Å².